The molecular weight excluding hydrogens is 432 g/mol. The number of benzene rings is 2. The Morgan fingerprint density at radius 2 is 1.66 bits per heavy atom. The van der Waals surface area contributed by atoms with Crippen LogP contribution in [0, 0.1) is 6.92 Å². The van der Waals surface area contributed by atoms with E-state index in [2.05, 4.69) is 5.32 Å². The minimum absolute atomic E-state index is 0.0782. The van der Waals surface area contributed by atoms with E-state index < -0.39 is 11.1 Å². The van der Waals surface area contributed by atoms with E-state index in [0.717, 1.165) is 22.2 Å². The summed E-state index contributed by atoms with van der Waals surface area (Å²) in [5.41, 5.74) is 2.20. The van der Waals surface area contributed by atoms with Crippen molar-refractivity contribution in [3.8, 4) is 17.2 Å². The van der Waals surface area contributed by atoms with Gasteiger partial charge in [-0.25, -0.2) is 0 Å². The summed E-state index contributed by atoms with van der Waals surface area (Å²) in [7, 11) is 4.50. The maximum absolute atomic E-state index is 12.8. The normalized spacial score (nSPS) is 14.6. The zero-order chi connectivity index (χ0) is 23.3. The number of hydrogen-bond acceptors (Lipinski definition) is 7. The lowest BCUT2D eigenvalue weighted by Gasteiger charge is -2.13. The Morgan fingerprint density at radius 3 is 2.22 bits per heavy atom. The first-order valence-corrected chi connectivity index (χ1v) is 10.6. The maximum atomic E-state index is 12.8. The summed E-state index contributed by atoms with van der Waals surface area (Å²) in [5, 5.41) is 2.34. The van der Waals surface area contributed by atoms with Crippen molar-refractivity contribution >= 4 is 34.9 Å². The molecular formula is C23H24N2O6S. The molecule has 3 rings (SSSR count). The van der Waals surface area contributed by atoms with Crippen LogP contribution in [0.15, 0.2) is 41.3 Å². The van der Waals surface area contributed by atoms with Gasteiger partial charge in [0.2, 0.25) is 5.75 Å². The zero-order valence-corrected chi connectivity index (χ0v) is 19.1. The molecule has 1 saturated heterocycles. The number of rotatable bonds is 8. The third-order valence-corrected chi connectivity index (χ3v) is 5.70. The van der Waals surface area contributed by atoms with E-state index in [0.29, 0.717) is 28.4 Å². The molecule has 1 N–H and O–H groups in total. The number of nitrogens with zero attached hydrogens (tertiary/aromatic N) is 1. The molecule has 0 unspecified atom stereocenters. The molecule has 0 aliphatic carbocycles. The SMILES string of the molecule is COc1cc(C=C2SC(=O)N(CCNC(=O)c3ccc(C)cc3)C2=O)cc(OC)c1OC. The number of imide groups is 1. The smallest absolute Gasteiger partial charge is 0.293 e. The summed E-state index contributed by atoms with van der Waals surface area (Å²) in [4.78, 5) is 38.7. The van der Waals surface area contributed by atoms with Crippen LogP contribution in [0.2, 0.25) is 0 Å². The van der Waals surface area contributed by atoms with Crippen molar-refractivity contribution in [1.82, 2.24) is 10.2 Å². The summed E-state index contributed by atoms with van der Waals surface area (Å²) < 4.78 is 16.0. The number of carbonyl (C=O) groups excluding carboxylic acids is 3. The Balaban J connectivity index is 1.68. The van der Waals surface area contributed by atoms with E-state index in [1.54, 1.807) is 30.3 Å². The van der Waals surface area contributed by atoms with Crippen LogP contribution in [0.25, 0.3) is 6.08 Å². The third-order valence-electron chi connectivity index (χ3n) is 4.79. The van der Waals surface area contributed by atoms with Crippen molar-refractivity contribution in [3.63, 3.8) is 0 Å². The van der Waals surface area contributed by atoms with Gasteiger partial charge in [-0.1, -0.05) is 17.7 Å². The molecule has 1 aliphatic heterocycles. The standard InChI is InChI=1S/C23H24N2O6S/c1-14-5-7-16(8-6-14)21(26)24-9-10-25-22(27)19(32-23(25)28)13-15-11-17(29-2)20(31-4)18(12-15)30-3/h5-8,11-13H,9-10H2,1-4H3,(H,24,26). The van der Waals surface area contributed by atoms with E-state index in [1.165, 1.54) is 21.3 Å². The Labute approximate surface area is 190 Å². The van der Waals surface area contributed by atoms with Gasteiger partial charge in [-0.05, 0) is 54.6 Å². The Bertz CT molecular complexity index is 1040. The first-order valence-electron chi connectivity index (χ1n) is 9.78. The maximum Gasteiger partial charge on any atom is 0.293 e. The van der Waals surface area contributed by atoms with Gasteiger partial charge in [-0.3, -0.25) is 19.3 Å². The summed E-state index contributed by atoms with van der Waals surface area (Å²) in [6.45, 7) is 2.17. The minimum atomic E-state index is -0.418. The van der Waals surface area contributed by atoms with E-state index in [4.69, 9.17) is 14.2 Å². The lowest BCUT2D eigenvalue weighted by atomic mass is 10.1. The van der Waals surface area contributed by atoms with Crippen LogP contribution in [0.1, 0.15) is 21.5 Å². The van der Waals surface area contributed by atoms with Gasteiger partial charge in [-0.2, -0.15) is 0 Å². The topological polar surface area (TPSA) is 94.2 Å². The van der Waals surface area contributed by atoms with Crippen LogP contribution >= 0.6 is 11.8 Å². The molecule has 1 aliphatic rings. The summed E-state index contributed by atoms with van der Waals surface area (Å²) in [6, 6.07) is 10.5. The highest BCUT2D eigenvalue weighted by atomic mass is 32.2. The second-order valence-corrected chi connectivity index (χ2v) is 7.91. The van der Waals surface area contributed by atoms with Gasteiger partial charge in [-0.15, -0.1) is 0 Å². The van der Waals surface area contributed by atoms with Crippen LogP contribution in [-0.2, 0) is 4.79 Å². The third kappa shape index (κ3) is 5.05. The molecule has 0 aromatic heterocycles. The lowest BCUT2D eigenvalue weighted by Crippen LogP contribution is -2.37. The molecule has 32 heavy (non-hydrogen) atoms. The van der Waals surface area contributed by atoms with Gasteiger partial charge in [0.15, 0.2) is 11.5 Å². The molecule has 9 heteroatoms. The molecule has 3 amide bonds. The van der Waals surface area contributed by atoms with Crippen LogP contribution < -0.4 is 19.5 Å². The van der Waals surface area contributed by atoms with Gasteiger partial charge in [0.05, 0.1) is 26.2 Å². The molecule has 0 atom stereocenters. The average Bonchev–Trinajstić information content (AvgIpc) is 3.05. The number of methoxy groups -OCH3 is 3. The first-order chi connectivity index (χ1) is 15.4. The highest BCUT2D eigenvalue weighted by Gasteiger charge is 2.34. The predicted octanol–water partition coefficient (Wildman–Crippen LogP) is 3.49. The van der Waals surface area contributed by atoms with E-state index in [1.807, 2.05) is 19.1 Å². The lowest BCUT2D eigenvalue weighted by molar-refractivity contribution is -0.122. The second kappa shape index (κ2) is 10.2. The monoisotopic (exact) mass is 456 g/mol. The molecule has 168 valence electrons. The number of ether oxygens (including phenoxy) is 3. The number of thioether (sulfide) groups is 1. The summed E-state index contributed by atoms with van der Waals surface area (Å²) in [5.74, 6) is 0.639. The van der Waals surface area contributed by atoms with Crippen molar-refractivity contribution in [2.75, 3.05) is 34.4 Å². The van der Waals surface area contributed by atoms with E-state index in [-0.39, 0.29) is 23.9 Å². The number of carbonyl (C=O) groups is 3. The molecule has 8 nitrogen and oxygen atoms in total. The summed E-state index contributed by atoms with van der Waals surface area (Å²) in [6.07, 6.45) is 1.60. The molecule has 2 aromatic carbocycles. The van der Waals surface area contributed by atoms with Crippen LogP contribution in [0.3, 0.4) is 0 Å². The van der Waals surface area contributed by atoms with Gasteiger partial charge >= 0.3 is 0 Å². The minimum Gasteiger partial charge on any atom is -0.493 e. The number of hydrogen-bond donors (Lipinski definition) is 1. The fraction of sp³-hybridized carbons (Fsp3) is 0.261. The number of amides is 3. The Hall–Kier alpha value is -3.46. The highest BCUT2D eigenvalue weighted by molar-refractivity contribution is 8.18. The predicted molar refractivity (Wildman–Crippen MR) is 122 cm³/mol. The van der Waals surface area contributed by atoms with Gasteiger partial charge in [0, 0.05) is 18.7 Å². The quantitative estimate of drug-likeness (QED) is 0.608. The molecule has 2 aromatic rings. The van der Waals surface area contributed by atoms with Crippen molar-refractivity contribution < 1.29 is 28.6 Å². The largest absolute Gasteiger partial charge is 0.493 e. The molecule has 0 radical (unpaired) electrons. The van der Waals surface area contributed by atoms with Crippen LogP contribution in [0.5, 0.6) is 17.2 Å². The van der Waals surface area contributed by atoms with Crippen LogP contribution in [0.4, 0.5) is 4.79 Å². The number of nitrogens with one attached hydrogen (secondary N) is 1. The molecule has 0 spiro atoms. The molecule has 1 heterocycles. The Kier molecular flexibility index (Phi) is 7.42. The fourth-order valence-electron chi connectivity index (χ4n) is 3.12. The van der Waals surface area contributed by atoms with Crippen molar-refractivity contribution in [2.45, 2.75) is 6.92 Å². The van der Waals surface area contributed by atoms with Crippen molar-refractivity contribution in [2.24, 2.45) is 0 Å². The summed E-state index contributed by atoms with van der Waals surface area (Å²) >= 11 is 0.843. The van der Waals surface area contributed by atoms with Gasteiger partial charge in [0.25, 0.3) is 17.1 Å². The number of aryl methyl sites for hydroxylation is 1. The highest BCUT2D eigenvalue weighted by Crippen LogP contribution is 2.40. The van der Waals surface area contributed by atoms with E-state index in [9.17, 15) is 14.4 Å². The van der Waals surface area contributed by atoms with Crippen molar-refractivity contribution in [3.05, 3.63) is 58.0 Å². The van der Waals surface area contributed by atoms with Crippen LogP contribution in [-0.4, -0.2) is 56.4 Å². The fourth-order valence-corrected chi connectivity index (χ4v) is 3.98. The first kappa shape index (κ1) is 23.2. The molecule has 0 bridgehead atoms. The second-order valence-electron chi connectivity index (χ2n) is 6.91. The average molecular weight is 457 g/mol. The van der Waals surface area contributed by atoms with Gasteiger partial charge in [0.1, 0.15) is 0 Å². The van der Waals surface area contributed by atoms with Gasteiger partial charge < -0.3 is 19.5 Å². The zero-order valence-electron chi connectivity index (χ0n) is 18.3. The van der Waals surface area contributed by atoms with Crippen molar-refractivity contribution in [1.29, 1.82) is 0 Å². The van der Waals surface area contributed by atoms with E-state index >= 15 is 0 Å². The Morgan fingerprint density at radius 1 is 1.03 bits per heavy atom. The molecule has 1 fully saturated rings. The molecule has 0 saturated carbocycles.